The molecule has 0 saturated heterocycles. The minimum atomic E-state index is -2.16. The van der Waals surface area contributed by atoms with Crippen LogP contribution in [0.5, 0.6) is 0 Å². The molecule has 1 aromatic rings. The highest BCUT2D eigenvalue weighted by Crippen LogP contribution is 2.22. The molecule has 0 atom stereocenters. The second kappa shape index (κ2) is 13.9. The van der Waals surface area contributed by atoms with E-state index in [1.165, 1.54) is 43.6 Å². The number of hydrogen-bond acceptors (Lipinski definition) is 1. The number of halogens is 5. The molecule has 0 amide bonds. The molecular formula is C21H27F5S. The van der Waals surface area contributed by atoms with Gasteiger partial charge in [0.05, 0.1) is 0 Å². The van der Waals surface area contributed by atoms with Crippen LogP contribution in [0.4, 0.5) is 22.0 Å². The summed E-state index contributed by atoms with van der Waals surface area (Å²) in [6.45, 7) is 2.19. The van der Waals surface area contributed by atoms with E-state index in [1.807, 2.05) is 11.8 Å². The highest BCUT2D eigenvalue weighted by Gasteiger charge is 2.24. The summed E-state index contributed by atoms with van der Waals surface area (Å²) < 4.78 is 65.9. The van der Waals surface area contributed by atoms with Crippen LogP contribution in [0.3, 0.4) is 0 Å². The van der Waals surface area contributed by atoms with E-state index in [2.05, 4.69) is 18.8 Å². The van der Waals surface area contributed by atoms with Gasteiger partial charge >= 0.3 is 0 Å². The zero-order valence-corrected chi connectivity index (χ0v) is 16.6. The topological polar surface area (TPSA) is 0 Å². The van der Waals surface area contributed by atoms with Crippen LogP contribution in [0.2, 0.25) is 0 Å². The molecule has 0 saturated carbocycles. The summed E-state index contributed by atoms with van der Waals surface area (Å²) in [5, 5.41) is 0. The van der Waals surface area contributed by atoms with Gasteiger partial charge in [-0.1, -0.05) is 57.3 Å². The first-order chi connectivity index (χ1) is 13.0. The van der Waals surface area contributed by atoms with Crippen LogP contribution in [-0.4, -0.2) is 11.5 Å². The molecule has 0 N–H and O–H groups in total. The van der Waals surface area contributed by atoms with E-state index < -0.39 is 34.6 Å². The van der Waals surface area contributed by atoms with Gasteiger partial charge in [0.1, 0.15) is 5.56 Å². The molecule has 152 valence electrons. The van der Waals surface area contributed by atoms with Crippen molar-refractivity contribution >= 4 is 11.8 Å². The van der Waals surface area contributed by atoms with Gasteiger partial charge in [-0.3, -0.25) is 0 Å². The Bertz CT molecular complexity index is 605. The molecule has 0 aliphatic rings. The molecule has 0 nitrogen and oxygen atoms in total. The number of benzene rings is 1. The third-order valence-corrected chi connectivity index (χ3v) is 5.39. The molecule has 0 aliphatic heterocycles. The molecule has 6 heteroatoms. The van der Waals surface area contributed by atoms with Crippen molar-refractivity contribution in [2.75, 3.05) is 11.5 Å². The van der Waals surface area contributed by atoms with Gasteiger partial charge in [-0.2, -0.15) is 11.8 Å². The van der Waals surface area contributed by atoms with E-state index in [0.717, 1.165) is 25.7 Å². The minimum absolute atomic E-state index is 0.369. The van der Waals surface area contributed by atoms with Gasteiger partial charge < -0.3 is 0 Å². The summed E-state index contributed by atoms with van der Waals surface area (Å²) in [7, 11) is 0. The Labute approximate surface area is 163 Å². The lowest BCUT2D eigenvalue weighted by Gasteiger charge is -2.02. The second-order valence-corrected chi connectivity index (χ2v) is 7.66. The molecule has 0 heterocycles. The van der Waals surface area contributed by atoms with E-state index in [4.69, 9.17) is 0 Å². The monoisotopic (exact) mass is 406 g/mol. The first kappa shape index (κ1) is 23.8. The van der Waals surface area contributed by atoms with Crippen molar-refractivity contribution < 1.29 is 22.0 Å². The van der Waals surface area contributed by atoms with Crippen molar-refractivity contribution in [1.82, 2.24) is 0 Å². The zero-order chi connectivity index (χ0) is 20.1. The van der Waals surface area contributed by atoms with Crippen molar-refractivity contribution in [3.05, 3.63) is 34.6 Å². The molecule has 0 spiro atoms. The standard InChI is InChI=1S/C21H27F5S/c1-2-14-27-15-12-10-8-6-4-3-5-7-9-11-13-16-17(22)19(24)21(26)20(25)18(16)23/h2-10,12,14-15H2,1H3. The lowest BCUT2D eigenvalue weighted by atomic mass is 10.1. The van der Waals surface area contributed by atoms with Gasteiger partial charge in [0, 0.05) is 6.42 Å². The SMILES string of the molecule is CCCSCCCCCCCCCCC#Cc1c(F)c(F)c(F)c(F)c1F. The number of hydrogen-bond donors (Lipinski definition) is 0. The minimum Gasteiger partial charge on any atom is -0.202 e. The zero-order valence-electron chi connectivity index (χ0n) is 15.8. The van der Waals surface area contributed by atoms with Crippen LogP contribution in [0.15, 0.2) is 0 Å². The summed E-state index contributed by atoms with van der Waals surface area (Å²) in [5.41, 5.74) is -1.05. The Morgan fingerprint density at radius 1 is 0.630 bits per heavy atom. The van der Waals surface area contributed by atoms with Gasteiger partial charge in [0.2, 0.25) is 5.82 Å². The van der Waals surface area contributed by atoms with Gasteiger partial charge in [0.25, 0.3) is 0 Å². The predicted octanol–water partition coefficient (Wildman–Crippen LogP) is 7.39. The summed E-state index contributed by atoms with van der Waals surface area (Å²) >= 11 is 2.02. The highest BCUT2D eigenvalue weighted by atomic mass is 32.2. The van der Waals surface area contributed by atoms with Crippen molar-refractivity contribution in [2.24, 2.45) is 0 Å². The molecule has 0 radical (unpaired) electrons. The van der Waals surface area contributed by atoms with Gasteiger partial charge in [-0.15, -0.1) is 0 Å². The van der Waals surface area contributed by atoms with Crippen LogP contribution >= 0.6 is 11.8 Å². The van der Waals surface area contributed by atoms with E-state index in [9.17, 15) is 22.0 Å². The van der Waals surface area contributed by atoms with Crippen LogP contribution in [0, 0.1) is 40.9 Å². The second-order valence-electron chi connectivity index (χ2n) is 6.44. The fourth-order valence-corrected chi connectivity index (χ4v) is 3.49. The Kier molecular flexibility index (Phi) is 12.2. The summed E-state index contributed by atoms with van der Waals surface area (Å²) in [6.07, 6.45) is 10.5. The Hall–Kier alpha value is -1.22. The van der Waals surface area contributed by atoms with Crippen molar-refractivity contribution in [2.45, 2.75) is 71.1 Å². The lowest BCUT2D eigenvalue weighted by molar-refractivity contribution is 0.376. The Morgan fingerprint density at radius 3 is 1.67 bits per heavy atom. The normalized spacial score (nSPS) is 10.7. The maximum atomic E-state index is 13.4. The smallest absolute Gasteiger partial charge is 0.200 e. The quantitative estimate of drug-likeness (QED) is 0.115. The van der Waals surface area contributed by atoms with E-state index in [0.29, 0.717) is 6.42 Å². The molecule has 1 rings (SSSR count). The van der Waals surface area contributed by atoms with E-state index in [-0.39, 0.29) is 0 Å². The predicted molar refractivity (Wildman–Crippen MR) is 102 cm³/mol. The van der Waals surface area contributed by atoms with Gasteiger partial charge in [-0.05, 0) is 30.8 Å². The lowest BCUT2D eigenvalue weighted by Crippen LogP contribution is -2.04. The largest absolute Gasteiger partial charge is 0.202 e. The molecule has 0 unspecified atom stereocenters. The molecule has 27 heavy (non-hydrogen) atoms. The Balaban J connectivity index is 2.17. The molecule has 1 aromatic carbocycles. The van der Waals surface area contributed by atoms with Gasteiger partial charge in [0.15, 0.2) is 23.3 Å². The molecule has 0 aromatic heterocycles. The van der Waals surface area contributed by atoms with Crippen molar-refractivity contribution in [3.63, 3.8) is 0 Å². The fourth-order valence-electron chi connectivity index (χ4n) is 2.59. The molecule has 0 aliphatic carbocycles. The van der Waals surface area contributed by atoms with Crippen molar-refractivity contribution in [1.29, 1.82) is 0 Å². The van der Waals surface area contributed by atoms with E-state index >= 15 is 0 Å². The first-order valence-electron chi connectivity index (χ1n) is 9.58. The van der Waals surface area contributed by atoms with E-state index in [1.54, 1.807) is 0 Å². The molecular weight excluding hydrogens is 379 g/mol. The van der Waals surface area contributed by atoms with Gasteiger partial charge in [-0.25, -0.2) is 22.0 Å². The molecule has 0 bridgehead atoms. The van der Waals surface area contributed by atoms with Crippen molar-refractivity contribution in [3.8, 4) is 11.8 Å². The number of unbranched alkanes of at least 4 members (excludes halogenated alkanes) is 8. The third-order valence-electron chi connectivity index (χ3n) is 4.11. The average molecular weight is 407 g/mol. The summed E-state index contributed by atoms with van der Waals surface area (Å²) in [4.78, 5) is 0. The van der Waals surface area contributed by atoms with Crippen LogP contribution in [-0.2, 0) is 0 Å². The van der Waals surface area contributed by atoms with Crippen LogP contribution in [0.1, 0.15) is 76.7 Å². The third kappa shape index (κ3) is 8.55. The number of rotatable bonds is 12. The number of thioether (sulfide) groups is 1. The first-order valence-corrected chi connectivity index (χ1v) is 10.7. The summed E-state index contributed by atoms with van der Waals surface area (Å²) in [6, 6.07) is 0. The maximum Gasteiger partial charge on any atom is 0.200 e. The summed E-state index contributed by atoms with van der Waals surface area (Å²) in [5.74, 6) is -2.73. The van der Waals surface area contributed by atoms with Crippen LogP contribution in [0.25, 0.3) is 0 Å². The van der Waals surface area contributed by atoms with Crippen LogP contribution < -0.4 is 0 Å². The fraction of sp³-hybridized carbons (Fsp3) is 0.619. The highest BCUT2D eigenvalue weighted by molar-refractivity contribution is 7.99. The average Bonchev–Trinajstić information content (AvgIpc) is 2.67. The maximum absolute atomic E-state index is 13.4. The Morgan fingerprint density at radius 2 is 1.11 bits per heavy atom. The molecule has 0 fully saturated rings.